The van der Waals surface area contributed by atoms with E-state index in [1.165, 1.54) is 83.6 Å². The molecule has 0 aromatic heterocycles. The predicted octanol–water partition coefficient (Wildman–Crippen LogP) is 5.54. The van der Waals surface area contributed by atoms with E-state index in [0.29, 0.717) is 0 Å². The van der Waals surface area contributed by atoms with Crippen molar-refractivity contribution in [3.63, 3.8) is 0 Å². The molecule has 1 nitrogen and oxygen atoms in total. The van der Waals surface area contributed by atoms with Crippen molar-refractivity contribution in [1.29, 1.82) is 0 Å². The summed E-state index contributed by atoms with van der Waals surface area (Å²) in [4.78, 5) is 0. The number of nitrogens with one attached hydrogen (secondary N) is 1. The molecule has 1 heteroatoms. The molecule has 0 amide bonds. The van der Waals surface area contributed by atoms with Gasteiger partial charge in [0.2, 0.25) is 0 Å². The van der Waals surface area contributed by atoms with Crippen LogP contribution in [-0.4, -0.2) is 12.6 Å². The monoisotopic (exact) mass is 279 g/mol. The van der Waals surface area contributed by atoms with Gasteiger partial charge < -0.3 is 5.32 Å². The molecule has 118 valence electrons. The zero-order chi connectivity index (χ0) is 14.2. The fourth-order valence-corrected chi connectivity index (χ4v) is 4.50. The lowest BCUT2D eigenvalue weighted by molar-refractivity contribution is 0.150. The van der Waals surface area contributed by atoms with Gasteiger partial charge in [0.25, 0.3) is 0 Å². The van der Waals surface area contributed by atoms with Crippen molar-refractivity contribution < 1.29 is 0 Å². The normalized spacial score (nSPS) is 28.9. The molecule has 2 saturated carbocycles. The van der Waals surface area contributed by atoms with E-state index in [1.807, 2.05) is 0 Å². The van der Waals surface area contributed by atoms with Gasteiger partial charge in [0.15, 0.2) is 0 Å². The van der Waals surface area contributed by atoms with Crippen LogP contribution in [0.15, 0.2) is 0 Å². The average molecular weight is 280 g/mol. The molecule has 0 aromatic carbocycles. The van der Waals surface area contributed by atoms with Crippen LogP contribution in [0.5, 0.6) is 0 Å². The Morgan fingerprint density at radius 1 is 0.850 bits per heavy atom. The second-order valence-electron chi connectivity index (χ2n) is 7.80. The van der Waals surface area contributed by atoms with Crippen LogP contribution < -0.4 is 5.32 Å². The quantitative estimate of drug-likeness (QED) is 0.603. The van der Waals surface area contributed by atoms with Gasteiger partial charge in [0, 0.05) is 6.04 Å². The van der Waals surface area contributed by atoms with E-state index in [1.54, 1.807) is 0 Å². The highest BCUT2D eigenvalue weighted by Gasteiger charge is 2.31. The molecule has 2 atom stereocenters. The standard InChI is InChI=1S/C19H37N/c1-16(2)10-8-9-15-20-19-14-7-6-13-18(19)17-11-4-3-5-12-17/h16-20H,3-15H2,1-2H3. The van der Waals surface area contributed by atoms with E-state index < -0.39 is 0 Å². The molecule has 0 radical (unpaired) electrons. The Kier molecular flexibility index (Phi) is 7.41. The summed E-state index contributed by atoms with van der Waals surface area (Å²) in [5.74, 6) is 2.94. The SMILES string of the molecule is CC(C)CCCCNC1CCCCC1C1CCCCC1. The van der Waals surface area contributed by atoms with Crippen LogP contribution in [0.1, 0.15) is 90.9 Å². The van der Waals surface area contributed by atoms with Gasteiger partial charge >= 0.3 is 0 Å². The number of hydrogen-bond acceptors (Lipinski definition) is 1. The van der Waals surface area contributed by atoms with Crippen molar-refractivity contribution in [2.24, 2.45) is 17.8 Å². The number of unbranched alkanes of at least 4 members (excludes halogenated alkanes) is 1. The minimum atomic E-state index is 0.853. The number of rotatable bonds is 7. The van der Waals surface area contributed by atoms with Gasteiger partial charge in [-0.15, -0.1) is 0 Å². The van der Waals surface area contributed by atoms with E-state index in [0.717, 1.165) is 23.8 Å². The molecule has 0 heterocycles. The van der Waals surface area contributed by atoms with Crippen molar-refractivity contribution in [2.75, 3.05) is 6.54 Å². The van der Waals surface area contributed by atoms with Gasteiger partial charge in [0.1, 0.15) is 0 Å². The maximum atomic E-state index is 3.94. The summed E-state index contributed by atoms with van der Waals surface area (Å²) in [5, 5.41) is 3.94. The highest BCUT2D eigenvalue weighted by Crippen LogP contribution is 2.38. The molecule has 20 heavy (non-hydrogen) atoms. The molecule has 2 aliphatic carbocycles. The highest BCUT2D eigenvalue weighted by molar-refractivity contribution is 4.86. The van der Waals surface area contributed by atoms with Crippen molar-refractivity contribution in [3.05, 3.63) is 0 Å². The third kappa shape index (κ3) is 5.39. The molecule has 0 aromatic rings. The number of hydrogen-bond donors (Lipinski definition) is 1. The lowest BCUT2D eigenvalue weighted by atomic mass is 9.71. The van der Waals surface area contributed by atoms with Crippen LogP contribution in [0, 0.1) is 17.8 Å². The highest BCUT2D eigenvalue weighted by atomic mass is 14.9. The smallest absolute Gasteiger partial charge is 0.00979 e. The first-order valence-electron chi connectivity index (χ1n) is 9.50. The summed E-state index contributed by atoms with van der Waals surface area (Å²) in [5.41, 5.74) is 0. The first-order chi connectivity index (χ1) is 9.77. The Labute approximate surface area is 127 Å². The van der Waals surface area contributed by atoms with E-state index in [2.05, 4.69) is 19.2 Å². The molecule has 0 saturated heterocycles. The zero-order valence-electron chi connectivity index (χ0n) is 14.0. The molecular weight excluding hydrogens is 242 g/mol. The summed E-state index contributed by atoms with van der Waals surface area (Å²) >= 11 is 0. The van der Waals surface area contributed by atoms with Crippen molar-refractivity contribution in [3.8, 4) is 0 Å². The van der Waals surface area contributed by atoms with Gasteiger partial charge in [-0.2, -0.15) is 0 Å². The second kappa shape index (κ2) is 9.07. The van der Waals surface area contributed by atoms with Gasteiger partial charge in [-0.1, -0.05) is 71.6 Å². The van der Waals surface area contributed by atoms with Crippen molar-refractivity contribution in [2.45, 2.75) is 96.9 Å². The van der Waals surface area contributed by atoms with Crippen LogP contribution in [0.25, 0.3) is 0 Å². The Bertz CT molecular complexity index is 242. The molecule has 2 fully saturated rings. The first-order valence-corrected chi connectivity index (χ1v) is 9.50. The van der Waals surface area contributed by atoms with Gasteiger partial charge in [0.05, 0.1) is 0 Å². The van der Waals surface area contributed by atoms with Gasteiger partial charge in [-0.05, 0) is 43.6 Å². The van der Waals surface area contributed by atoms with Crippen LogP contribution in [0.2, 0.25) is 0 Å². The lowest BCUT2D eigenvalue weighted by Crippen LogP contribution is -2.42. The Hall–Kier alpha value is -0.0400. The third-order valence-electron chi connectivity index (χ3n) is 5.69. The third-order valence-corrected chi connectivity index (χ3v) is 5.69. The van der Waals surface area contributed by atoms with Crippen molar-refractivity contribution >= 4 is 0 Å². The first kappa shape index (κ1) is 16.3. The van der Waals surface area contributed by atoms with Gasteiger partial charge in [-0.3, -0.25) is 0 Å². The second-order valence-corrected chi connectivity index (χ2v) is 7.80. The van der Waals surface area contributed by atoms with Crippen LogP contribution in [0.3, 0.4) is 0 Å². The van der Waals surface area contributed by atoms with E-state index in [-0.39, 0.29) is 0 Å². The Morgan fingerprint density at radius 2 is 1.55 bits per heavy atom. The summed E-state index contributed by atoms with van der Waals surface area (Å²) in [6, 6.07) is 0.853. The molecule has 2 unspecified atom stereocenters. The minimum absolute atomic E-state index is 0.853. The van der Waals surface area contributed by atoms with Crippen molar-refractivity contribution in [1.82, 2.24) is 5.32 Å². The van der Waals surface area contributed by atoms with E-state index in [4.69, 9.17) is 0 Å². The molecule has 0 aliphatic heterocycles. The molecule has 0 spiro atoms. The minimum Gasteiger partial charge on any atom is -0.314 e. The summed E-state index contributed by atoms with van der Waals surface area (Å²) in [7, 11) is 0. The summed E-state index contributed by atoms with van der Waals surface area (Å²) in [6.07, 6.45) is 17.7. The van der Waals surface area contributed by atoms with E-state index >= 15 is 0 Å². The average Bonchev–Trinajstić information content (AvgIpc) is 2.48. The summed E-state index contributed by atoms with van der Waals surface area (Å²) in [6.45, 7) is 5.95. The van der Waals surface area contributed by atoms with Crippen LogP contribution >= 0.6 is 0 Å². The van der Waals surface area contributed by atoms with Crippen LogP contribution in [-0.2, 0) is 0 Å². The molecular formula is C19H37N. The topological polar surface area (TPSA) is 12.0 Å². The largest absolute Gasteiger partial charge is 0.314 e. The molecule has 2 aliphatic rings. The Balaban J connectivity index is 1.69. The molecule has 0 bridgehead atoms. The Morgan fingerprint density at radius 3 is 2.30 bits per heavy atom. The summed E-state index contributed by atoms with van der Waals surface area (Å²) < 4.78 is 0. The van der Waals surface area contributed by atoms with Gasteiger partial charge in [-0.25, -0.2) is 0 Å². The molecule has 2 rings (SSSR count). The van der Waals surface area contributed by atoms with E-state index in [9.17, 15) is 0 Å². The lowest BCUT2D eigenvalue weighted by Gasteiger charge is -2.39. The molecule has 1 N–H and O–H groups in total. The maximum Gasteiger partial charge on any atom is 0.00979 e. The van der Waals surface area contributed by atoms with Crippen LogP contribution in [0.4, 0.5) is 0 Å². The maximum absolute atomic E-state index is 3.94. The predicted molar refractivity (Wildman–Crippen MR) is 89.0 cm³/mol. The fourth-order valence-electron chi connectivity index (χ4n) is 4.50. The zero-order valence-corrected chi connectivity index (χ0v) is 14.0. The fraction of sp³-hybridized carbons (Fsp3) is 1.00.